The summed E-state index contributed by atoms with van der Waals surface area (Å²) in [4.78, 5) is 14.4. The van der Waals surface area contributed by atoms with Gasteiger partial charge in [-0.3, -0.25) is 9.69 Å². The Labute approximate surface area is 135 Å². The Hall–Kier alpha value is -2.11. The predicted molar refractivity (Wildman–Crippen MR) is 87.0 cm³/mol. The summed E-state index contributed by atoms with van der Waals surface area (Å²) in [6.07, 6.45) is 1.85. The van der Waals surface area contributed by atoms with E-state index < -0.39 is 0 Å². The number of rotatable bonds is 5. The first-order chi connectivity index (χ1) is 11.1. The van der Waals surface area contributed by atoms with E-state index in [0.29, 0.717) is 25.3 Å². The van der Waals surface area contributed by atoms with Crippen LogP contribution >= 0.6 is 0 Å². The van der Waals surface area contributed by atoms with Crippen molar-refractivity contribution >= 4 is 5.91 Å². The SMILES string of the molecule is Cc1ccoc1C(=O)NCC1CC(O)CN1Cc1ccccc1. The lowest BCUT2D eigenvalue weighted by atomic mass is 10.1. The zero-order chi connectivity index (χ0) is 16.2. The van der Waals surface area contributed by atoms with Crippen molar-refractivity contribution < 1.29 is 14.3 Å². The van der Waals surface area contributed by atoms with Crippen LogP contribution in [0.4, 0.5) is 0 Å². The first-order valence-corrected chi connectivity index (χ1v) is 7.92. The average molecular weight is 314 g/mol. The maximum atomic E-state index is 12.1. The van der Waals surface area contributed by atoms with Gasteiger partial charge in [-0.1, -0.05) is 30.3 Å². The van der Waals surface area contributed by atoms with Crippen LogP contribution in [0.2, 0.25) is 0 Å². The Balaban J connectivity index is 1.59. The largest absolute Gasteiger partial charge is 0.459 e. The number of aliphatic hydroxyl groups is 1. The fourth-order valence-corrected chi connectivity index (χ4v) is 3.08. The number of carbonyl (C=O) groups is 1. The van der Waals surface area contributed by atoms with E-state index in [-0.39, 0.29) is 18.1 Å². The second-order valence-corrected chi connectivity index (χ2v) is 6.10. The number of carbonyl (C=O) groups excluding carboxylic acids is 1. The number of nitrogens with one attached hydrogen (secondary N) is 1. The van der Waals surface area contributed by atoms with Gasteiger partial charge in [0, 0.05) is 31.2 Å². The molecule has 1 aromatic carbocycles. The fourth-order valence-electron chi connectivity index (χ4n) is 3.08. The fraction of sp³-hybridized carbons (Fsp3) is 0.389. The van der Waals surface area contributed by atoms with E-state index in [4.69, 9.17) is 4.42 Å². The molecule has 0 aliphatic carbocycles. The van der Waals surface area contributed by atoms with Crippen LogP contribution < -0.4 is 5.32 Å². The third-order valence-corrected chi connectivity index (χ3v) is 4.30. The van der Waals surface area contributed by atoms with Crippen LogP contribution in [0.25, 0.3) is 0 Å². The molecule has 2 aromatic rings. The summed E-state index contributed by atoms with van der Waals surface area (Å²) in [6, 6.07) is 12.1. The van der Waals surface area contributed by atoms with Crippen LogP contribution in [0.5, 0.6) is 0 Å². The molecule has 2 heterocycles. The second kappa shape index (κ2) is 6.98. The first-order valence-electron chi connectivity index (χ1n) is 7.92. The molecule has 2 N–H and O–H groups in total. The molecule has 0 radical (unpaired) electrons. The maximum Gasteiger partial charge on any atom is 0.287 e. The Morgan fingerprint density at radius 2 is 2.13 bits per heavy atom. The molecule has 23 heavy (non-hydrogen) atoms. The Morgan fingerprint density at radius 3 is 2.83 bits per heavy atom. The normalized spacial score (nSPS) is 21.5. The quantitative estimate of drug-likeness (QED) is 0.885. The van der Waals surface area contributed by atoms with Crippen LogP contribution in [-0.4, -0.2) is 41.1 Å². The summed E-state index contributed by atoms with van der Waals surface area (Å²) in [6.45, 7) is 3.76. The molecular formula is C18H22N2O3. The van der Waals surface area contributed by atoms with Gasteiger partial charge < -0.3 is 14.8 Å². The molecule has 0 spiro atoms. The molecule has 1 saturated heterocycles. The third kappa shape index (κ3) is 3.81. The average Bonchev–Trinajstić information content (AvgIpc) is 3.12. The smallest absolute Gasteiger partial charge is 0.287 e. The molecule has 2 atom stereocenters. The second-order valence-electron chi connectivity index (χ2n) is 6.10. The van der Waals surface area contributed by atoms with Gasteiger partial charge in [-0.25, -0.2) is 0 Å². The highest BCUT2D eigenvalue weighted by Crippen LogP contribution is 2.20. The van der Waals surface area contributed by atoms with Gasteiger partial charge in [0.2, 0.25) is 0 Å². The molecule has 5 heteroatoms. The van der Waals surface area contributed by atoms with Crippen molar-refractivity contribution in [3.05, 3.63) is 59.5 Å². The number of aliphatic hydroxyl groups excluding tert-OH is 1. The van der Waals surface area contributed by atoms with Crippen LogP contribution in [0, 0.1) is 6.92 Å². The highest BCUT2D eigenvalue weighted by atomic mass is 16.3. The minimum absolute atomic E-state index is 0.129. The van der Waals surface area contributed by atoms with E-state index in [1.54, 1.807) is 6.07 Å². The minimum atomic E-state index is -0.342. The number of nitrogens with zero attached hydrogens (tertiary/aromatic N) is 1. The van der Waals surface area contributed by atoms with Gasteiger partial charge >= 0.3 is 0 Å². The van der Waals surface area contributed by atoms with Crippen molar-refractivity contribution in [1.82, 2.24) is 10.2 Å². The van der Waals surface area contributed by atoms with Gasteiger partial charge in [0.05, 0.1) is 12.4 Å². The highest BCUT2D eigenvalue weighted by molar-refractivity contribution is 5.92. The molecular weight excluding hydrogens is 292 g/mol. The molecule has 5 nitrogen and oxygen atoms in total. The highest BCUT2D eigenvalue weighted by Gasteiger charge is 2.31. The van der Waals surface area contributed by atoms with E-state index in [1.807, 2.05) is 25.1 Å². The third-order valence-electron chi connectivity index (χ3n) is 4.30. The summed E-state index contributed by atoms with van der Waals surface area (Å²) < 4.78 is 5.21. The standard InChI is InChI=1S/C18H22N2O3/c1-13-7-8-23-17(13)18(22)19-10-15-9-16(21)12-20(15)11-14-5-3-2-4-6-14/h2-8,15-16,21H,9-12H2,1H3,(H,19,22). The topological polar surface area (TPSA) is 65.7 Å². The van der Waals surface area contributed by atoms with Gasteiger partial charge in [0.15, 0.2) is 5.76 Å². The van der Waals surface area contributed by atoms with E-state index in [1.165, 1.54) is 11.8 Å². The summed E-state index contributed by atoms with van der Waals surface area (Å²) >= 11 is 0. The van der Waals surface area contributed by atoms with Crippen LogP contribution in [0.1, 0.15) is 28.1 Å². The number of β-amino-alcohol motifs (C(OH)–C–C–N with tert-alkyl or cyclic N) is 1. The number of benzene rings is 1. The number of furan rings is 1. The summed E-state index contributed by atoms with van der Waals surface area (Å²) in [5.41, 5.74) is 2.04. The van der Waals surface area contributed by atoms with Gasteiger partial charge in [-0.15, -0.1) is 0 Å². The lowest BCUT2D eigenvalue weighted by Gasteiger charge is -2.24. The van der Waals surface area contributed by atoms with Crippen LogP contribution in [0.3, 0.4) is 0 Å². The monoisotopic (exact) mass is 314 g/mol. The maximum absolute atomic E-state index is 12.1. The van der Waals surface area contributed by atoms with E-state index in [0.717, 1.165) is 12.1 Å². The van der Waals surface area contributed by atoms with Crippen LogP contribution in [0.15, 0.2) is 47.1 Å². The van der Waals surface area contributed by atoms with Crippen molar-refractivity contribution in [1.29, 1.82) is 0 Å². The molecule has 3 rings (SSSR count). The van der Waals surface area contributed by atoms with Crippen LogP contribution in [-0.2, 0) is 6.54 Å². The van der Waals surface area contributed by atoms with Gasteiger partial charge in [0.1, 0.15) is 0 Å². The molecule has 2 unspecified atom stereocenters. The molecule has 0 saturated carbocycles. The van der Waals surface area contributed by atoms with Crippen molar-refractivity contribution in [3.63, 3.8) is 0 Å². The number of likely N-dealkylation sites (tertiary alicyclic amines) is 1. The summed E-state index contributed by atoms with van der Waals surface area (Å²) in [5.74, 6) is 0.159. The van der Waals surface area contributed by atoms with Gasteiger partial charge in [-0.05, 0) is 25.0 Å². The number of amides is 1. The first kappa shape index (κ1) is 15.8. The molecule has 0 bridgehead atoms. The molecule has 1 amide bonds. The molecule has 1 aliphatic rings. The van der Waals surface area contributed by atoms with Crippen molar-refractivity contribution in [2.45, 2.75) is 32.0 Å². The number of hydrogen-bond acceptors (Lipinski definition) is 4. The van der Waals surface area contributed by atoms with Crippen molar-refractivity contribution in [2.75, 3.05) is 13.1 Å². The van der Waals surface area contributed by atoms with E-state index >= 15 is 0 Å². The molecule has 122 valence electrons. The molecule has 1 fully saturated rings. The lowest BCUT2D eigenvalue weighted by Crippen LogP contribution is -2.39. The predicted octanol–water partition coefficient (Wildman–Crippen LogP) is 1.95. The zero-order valence-corrected chi connectivity index (χ0v) is 13.2. The molecule has 1 aromatic heterocycles. The lowest BCUT2D eigenvalue weighted by molar-refractivity contribution is 0.0911. The Bertz CT molecular complexity index is 653. The van der Waals surface area contributed by atoms with E-state index in [2.05, 4.69) is 22.3 Å². The summed E-state index contributed by atoms with van der Waals surface area (Å²) in [7, 11) is 0. The Kier molecular flexibility index (Phi) is 4.79. The number of hydrogen-bond donors (Lipinski definition) is 2. The van der Waals surface area contributed by atoms with Gasteiger partial charge in [0.25, 0.3) is 5.91 Å². The van der Waals surface area contributed by atoms with E-state index in [9.17, 15) is 9.90 Å². The van der Waals surface area contributed by atoms with Crippen molar-refractivity contribution in [2.24, 2.45) is 0 Å². The number of aryl methyl sites for hydroxylation is 1. The van der Waals surface area contributed by atoms with Gasteiger partial charge in [-0.2, -0.15) is 0 Å². The zero-order valence-electron chi connectivity index (χ0n) is 13.2. The van der Waals surface area contributed by atoms with Crippen molar-refractivity contribution in [3.8, 4) is 0 Å². The Morgan fingerprint density at radius 1 is 1.35 bits per heavy atom. The minimum Gasteiger partial charge on any atom is -0.459 e. The molecule has 1 aliphatic heterocycles. The summed E-state index contributed by atoms with van der Waals surface area (Å²) in [5, 5.41) is 12.9.